The van der Waals surface area contributed by atoms with Crippen LogP contribution in [0.5, 0.6) is 0 Å². The minimum Gasteiger partial charge on any atom is -0.459 e. The molecule has 1 aromatic rings. The quantitative estimate of drug-likeness (QED) is 0.635. The lowest BCUT2D eigenvalue weighted by Crippen LogP contribution is -2.32. The lowest BCUT2D eigenvalue weighted by molar-refractivity contribution is -0.122. The van der Waals surface area contributed by atoms with Crippen LogP contribution in [0.15, 0.2) is 24.3 Å². The average Bonchev–Trinajstić information content (AvgIpc) is 2.81. The van der Waals surface area contributed by atoms with Crippen molar-refractivity contribution in [1.82, 2.24) is 0 Å². The SMILES string of the molecule is CC1CC(=O)N(c2ccccc2C(=O)OC2CCCCC2)C1=O. The number of carbonyl (C=O) groups is 3. The van der Waals surface area contributed by atoms with Gasteiger partial charge in [-0.2, -0.15) is 0 Å². The third-order valence-electron chi connectivity index (χ3n) is 4.56. The Hall–Kier alpha value is -2.17. The molecule has 1 aliphatic carbocycles. The Bertz CT molecular complexity index is 634. The standard InChI is InChI=1S/C18H21NO4/c1-12-11-16(20)19(17(12)21)15-10-6-5-9-14(15)18(22)23-13-7-3-2-4-8-13/h5-6,9-10,12-13H,2-4,7-8,11H2,1H3. The Labute approximate surface area is 135 Å². The van der Waals surface area contributed by atoms with Gasteiger partial charge in [-0.25, -0.2) is 9.69 Å². The molecule has 1 atom stereocenters. The maximum atomic E-state index is 12.5. The molecule has 3 rings (SSSR count). The summed E-state index contributed by atoms with van der Waals surface area (Å²) in [6.45, 7) is 1.73. The Morgan fingerprint density at radius 3 is 2.48 bits per heavy atom. The molecule has 1 aromatic carbocycles. The monoisotopic (exact) mass is 315 g/mol. The molecular weight excluding hydrogens is 294 g/mol. The lowest BCUT2D eigenvalue weighted by atomic mass is 9.98. The normalized spacial score (nSPS) is 22.5. The minimum atomic E-state index is -0.451. The van der Waals surface area contributed by atoms with Gasteiger partial charge >= 0.3 is 5.97 Å². The molecule has 0 N–H and O–H groups in total. The second-order valence-corrected chi connectivity index (χ2v) is 6.36. The molecule has 0 radical (unpaired) electrons. The highest BCUT2D eigenvalue weighted by atomic mass is 16.5. The number of hydrogen-bond acceptors (Lipinski definition) is 4. The van der Waals surface area contributed by atoms with Crippen LogP contribution in [0.25, 0.3) is 0 Å². The summed E-state index contributed by atoms with van der Waals surface area (Å²) in [5.41, 5.74) is 0.626. The molecule has 2 aliphatic rings. The van der Waals surface area contributed by atoms with Crippen LogP contribution >= 0.6 is 0 Å². The molecule has 5 nitrogen and oxygen atoms in total. The van der Waals surface area contributed by atoms with E-state index < -0.39 is 5.97 Å². The smallest absolute Gasteiger partial charge is 0.340 e. The maximum Gasteiger partial charge on any atom is 0.340 e. The molecule has 23 heavy (non-hydrogen) atoms. The molecule has 5 heteroatoms. The summed E-state index contributed by atoms with van der Waals surface area (Å²) in [5.74, 6) is -1.31. The lowest BCUT2D eigenvalue weighted by Gasteiger charge is -2.23. The van der Waals surface area contributed by atoms with Gasteiger partial charge in [-0.3, -0.25) is 9.59 Å². The van der Waals surface area contributed by atoms with Crippen LogP contribution in [0, 0.1) is 5.92 Å². The topological polar surface area (TPSA) is 63.7 Å². The second-order valence-electron chi connectivity index (χ2n) is 6.36. The Balaban J connectivity index is 1.84. The number of esters is 1. The van der Waals surface area contributed by atoms with E-state index in [2.05, 4.69) is 0 Å². The minimum absolute atomic E-state index is 0.0618. The molecule has 0 aromatic heterocycles. The summed E-state index contributed by atoms with van der Waals surface area (Å²) in [5, 5.41) is 0. The molecular formula is C18H21NO4. The van der Waals surface area contributed by atoms with Crippen LogP contribution in [0.3, 0.4) is 0 Å². The number of imide groups is 1. The predicted octanol–water partition coefficient (Wildman–Crippen LogP) is 3.08. The van der Waals surface area contributed by atoms with Crippen molar-refractivity contribution in [1.29, 1.82) is 0 Å². The number of rotatable bonds is 3. The molecule has 2 amide bonds. The van der Waals surface area contributed by atoms with E-state index in [0.29, 0.717) is 5.69 Å². The second kappa shape index (κ2) is 6.52. The molecule has 0 spiro atoms. The number of benzene rings is 1. The fourth-order valence-corrected chi connectivity index (χ4v) is 3.28. The molecule has 1 saturated carbocycles. The first kappa shape index (κ1) is 15.7. The van der Waals surface area contributed by atoms with Crippen LogP contribution in [-0.4, -0.2) is 23.9 Å². The number of ether oxygens (including phenoxy) is 1. The van der Waals surface area contributed by atoms with Gasteiger partial charge < -0.3 is 4.74 Å². The summed E-state index contributed by atoms with van der Waals surface area (Å²) in [6, 6.07) is 6.68. The molecule has 1 aliphatic heterocycles. The van der Waals surface area contributed by atoms with Crippen LogP contribution in [0.1, 0.15) is 55.8 Å². The Morgan fingerprint density at radius 1 is 1.13 bits per heavy atom. The van der Waals surface area contributed by atoms with Crippen molar-refractivity contribution in [3.8, 4) is 0 Å². The maximum absolute atomic E-state index is 12.5. The van der Waals surface area contributed by atoms with Crippen LogP contribution in [-0.2, 0) is 14.3 Å². The predicted molar refractivity (Wildman–Crippen MR) is 85.0 cm³/mol. The molecule has 1 saturated heterocycles. The van der Waals surface area contributed by atoms with Gasteiger partial charge in [-0.15, -0.1) is 0 Å². The first-order chi connectivity index (χ1) is 11.1. The Kier molecular flexibility index (Phi) is 4.46. The van der Waals surface area contributed by atoms with E-state index in [-0.39, 0.29) is 35.8 Å². The van der Waals surface area contributed by atoms with Gasteiger partial charge in [0, 0.05) is 12.3 Å². The van der Waals surface area contributed by atoms with Crippen LogP contribution in [0.4, 0.5) is 5.69 Å². The molecule has 1 unspecified atom stereocenters. The first-order valence-corrected chi connectivity index (χ1v) is 8.24. The fourth-order valence-electron chi connectivity index (χ4n) is 3.28. The Morgan fingerprint density at radius 2 is 1.83 bits per heavy atom. The van der Waals surface area contributed by atoms with Gasteiger partial charge in [-0.05, 0) is 37.8 Å². The summed E-state index contributed by atoms with van der Waals surface area (Å²) < 4.78 is 5.59. The van der Waals surface area contributed by atoms with Crippen molar-refractivity contribution >= 4 is 23.5 Å². The summed E-state index contributed by atoms with van der Waals surface area (Å²) in [6.07, 6.45) is 5.21. The van der Waals surface area contributed by atoms with Crippen molar-refractivity contribution < 1.29 is 19.1 Å². The van der Waals surface area contributed by atoms with Crippen molar-refractivity contribution in [3.63, 3.8) is 0 Å². The fraction of sp³-hybridized carbons (Fsp3) is 0.500. The van der Waals surface area contributed by atoms with E-state index in [0.717, 1.165) is 30.6 Å². The first-order valence-electron chi connectivity index (χ1n) is 8.24. The number of carbonyl (C=O) groups excluding carboxylic acids is 3. The molecule has 122 valence electrons. The highest BCUT2D eigenvalue weighted by molar-refractivity contribution is 6.22. The number of anilines is 1. The van der Waals surface area contributed by atoms with Gasteiger partial charge in [0.1, 0.15) is 6.10 Å². The zero-order valence-electron chi connectivity index (χ0n) is 13.3. The average molecular weight is 315 g/mol. The van der Waals surface area contributed by atoms with Crippen molar-refractivity contribution in [2.24, 2.45) is 5.92 Å². The summed E-state index contributed by atoms with van der Waals surface area (Å²) in [4.78, 5) is 38.0. The molecule has 2 fully saturated rings. The van der Waals surface area contributed by atoms with E-state index >= 15 is 0 Å². The third kappa shape index (κ3) is 3.14. The number of nitrogens with zero attached hydrogens (tertiary/aromatic N) is 1. The van der Waals surface area contributed by atoms with E-state index in [1.807, 2.05) is 0 Å². The van der Waals surface area contributed by atoms with Crippen LogP contribution < -0.4 is 4.90 Å². The zero-order valence-corrected chi connectivity index (χ0v) is 13.3. The van der Waals surface area contributed by atoms with Crippen molar-refractivity contribution in [2.45, 2.75) is 51.6 Å². The largest absolute Gasteiger partial charge is 0.459 e. The van der Waals surface area contributed by atoms with Gasteiger partial charge in [0.2, 0.25) is 11.8 Å². The van der Waals surface area contributed by atoms with Gasteiger partial charge in [0.25, 0.3) is 0 Å². The van der Waals surface area contributed by atoms with E-state index in [4.69, 9.17) is 4.74 Å². The van der Waals surface area contributed by atoms with Gasteiger partial charge in [0.15, 0.2) is 0 Å². The highest BCUT2D eigenvalue weighted by Crippen LogP contribution is 2.30. The molecule has 1 heterocycles. The van der Waals surface area contributed by atoms with Crippen molar-refractivity contribution in [2.75, 3.05) is 4.90 Å². The van der Waals surface area contributed by atoms with E-state index in [9.17, 15) is 14.4 Å². The zero-order chi connectivity index (χ0) is 16.4. The van der Waals surface area contributed by atoms with E-state index in [1.165, 1.54) is 6.42 Å². The summed E-state index contributed by atoms with van der Waals surface area (Å²) in [7, 11) is 0. The third-order valence-corrected chi connectivity index (χ3v) is 4.56. The number of para-hydroxylation sites is 1. The van der Waals surface area contributed by atoms with Crippen LogP contribution in [0.2, 0.25) is 0 Å². The van der Waals surface area contributed by atoms with E-state index in [1.54, 1.807) is 31.2 Å². The number of hydrogen-bond donors (Lipinski definition) is 0. The van der Waals surface area contributed by atoms with Gasteiger partial charge in [-0.1, -0.05) is 25.5 Å². The van der Waals surface area contributed by atoms with Gasteiger partial charge in [0.05, 0.1) is 11.3 Å². The van der Waals surface area contributed by atoms with Crippen molar-refractivity contribution in [3.05, 3.63) is 29.8 Å². The summed E-state index contributed by atoms with van der Waals surface area (Å²) >= 11 is 0. The molecule has 0 bridgehead atoms. The number of amides is 2. The highest BCUT2D eigenvalue weighted by Gasteiger charge is 2.38.